The van der Waals surface area contributed by atoms with Crippen molar-refractivity contribution in [3.8, 4) is 0 Å². The van der Waals surface area contributed by atoms with Gasteiger partial charge in [-0.25, -0.2) is 0 Å². The van der Waals surface area contributed by atoms with E-state index in [0.717, 1.165) is 0 Å². The molecule has 0 heterocycles. The summed E-state index contributed by atoms with van der Waals surface area (Å²) in [7, 11) is 1.44. The van der Waals surface area contributed by atoms with Crippen LogP contribution >= 0.6 is 0 Å². The molecule has 11 heavy (non-hydrogen) atoms. The number of carbonyl (C=O) groups is 1. The fraction of sp³-hybridized carbons (Fsp3) is 0.857. The highest BCUT2D eigenvalue weighted by Gasteiger charge is 2.33. The summed E-state index contributed by atoms with van der Waals surface area (Å²) in [5.41, 5.74) is 0. The predicted octanol–water partition coefficient (Wildman–Crippen LogP) is -0.914. The zero-order valence-corrected chi connectivity index (χ0v) is 6.36. The Balaban J connectivity index is 2.54. The van der Waals surface area contributed by atoms with Gasteiger partial charge in [0.05, 0.1) is 12.2 Å². The Labute approximate surface area is 64.8 Å². The molecule has 0 aromatic rings. The second-order valence-corrected chi connectivity index (χ2v) is 2.76. The van der Waals surface area contributed by atoms with Gasteiger partial charge in [-0.2, -0.15) is 0 Å². The first-order valence-corrected chi connectivity index (χ1v) is 3.56. The Bertz CT molecular complexity index is 157. The van der Waals surface area contributed by atoms with Gasteiger partial charge in [-0.3, -0.25) is 4.79 Å². The van der Waals surface area contributed by atoms with Crippen molar-refractivity contribution in [3.63, 3.8) is 0 Å². The van der Waals surface area contributed by atoms with Gasteiger partial charge < -0.3 is 14.9 Å². The van der Waals surface area contributed by atoms with Crippen molar-refractivity contribution < 1.29 is 19.7 Å². The molecular formula is C7H12O4. The van der Waals surface area contributed by atoms with E-state index in [4.69, 9.17) is 9.84 Å². The first-order valence-electron chi connectivity index (χ1n) is 3.56. The third-order valence-corrected chi connectivity index (χ3v) is 1.97. The van der Waals surface area contributed by atoms with Gasteiger partial charge >= 0.3 is 0 Å². The lowest BCUT2D eigenvalue weighted by Gasteiger charge is -2.28. The molecule has 1 rings (SSSR count). The predicted molar refractivity (Wildman–Crippen MR) is 37.1 cm³/mol. The van der Waals surface area contributed by atoms with E-state index >= 15 is 0 Å². The molecule has 0 bridgehead atoms. The SMILES string of the molecule is COC1CC(=O)C(O)CC1O. The molecule has 1 saturated carbocycles. The monoisotopic (exact) mass is 160 g/mol. The molecule has 4 nitrogen and oxygen atoms in total. The smallest absolute Gasteiger partial charge is 0.164 e. The van der Waals surface area contributed by atoms with E-state index in [0.29, 0.717) is 0 Å². The standard InChI is InChI=1S/C7H12O4/c1-11-7-3-5(9)4(8)2-6(7)10/h4,6-8,10H,2-3H2,1H3. The van der Waals surface area contributed by atoms with Gasteiger partial charge in [0.15, 0.2) is 5.78 Å². The molecule has 0 radical (unpaired) electrons. The zero-order chi connectivity index (χ0) is 8.43. The number of ether oxygens (including phenoxy) is 1. The van der Waals surface area contributed by atoms with Crippen molar-refractivity contribution in [1.29, 1.82) is 0 Å². The topological polar surface area (TPSA) is 66.8 Å². The maximum Gasteiger partial charge on any atom is 0.164 e. The van der Waals surface area contributed by atoms with Crippen molar-refractivity contribution in [2.75, 3.05) is 7.11 Å². The van der Waals surface area contributed by atoms with Crippen molar-refractivity contribution in [2.24, 2.45) is 0 Å². The van der Waals surface area contributed by atoms with E-state index in [1.165, 1.54) is 7.11 Å². The molecule has 0 amide bonds. The minimum atomic E-state index is -1.00. The summed E-state index contributed by atoms with van der Waals surface area (Å²) in [4.78, 5) is 10.9. The van der Waals surface area contributed by atoms with Crippen LogP contribution in [0.1, 0.15) is 12.8 Å². The fourth-order valence-electron chi connectivity index (χ4n) is 1.22. The number of methoxy groups -OCH3 is 1. The molecule has 3 unspecified atom stereocenters. The summed E-state index contributed by atoms with van der Waals surface area (Å²) in [5, 5.41) is 18.2. The Hall–Kier alpha value is -0.450. The average molecular weight is 160 g/mol. The molecule has 1 aliphatic rings. The summed E-state index contributed by atoms with van der Waals surface area (Å²) in [6, 6.07) is 0. The van der Waals surface area contributed by atoms with Gasteiger partial charge in [-0.15, -0.1) is 0 Å². The first kappa shape index (κ1) is 8.64. The summed E-state index contributed by atoms with van der Waals surface area (Å²) >= 11 is 0. The van der Waals surface area contributed by atoms with Crippen LogP contribution in [0.25, 0.3) is 0 Å². The highest BCUT2D eigenvalue weighted by Crippen LogP contribution is 2.18. The molecule has 4 heteroatoms. The van der Waals surface area contributed by atoms with Crippen LogP contribution < -0.4 is 0 Å². The Kier molecular flexibility index (Phi) is 2.59. The number of hydrogen-bond acceptors (Lipinski definition) is 4. The quantitative estimate of drug-likeness (QED) is 0.521. The molecule has 1 fully saturated rings. The minimum Gasteiger partial charge on any atom is -0.390 e. The highest BCUT2D eigenvalue weighted by atomic mass is 16.5. The molecule has 3 atom stereocenters. The molecular weight excluding hydrogens is 148 g/mol. The van der Waals surface area contributed by atoms with E-state index in [1.54, 1.807) is 0 Å². The summed E-state index contributed by atoms with van der Waals surface area (Å²) in [6.07, 6.45) is -1.95. The van der Waals surface area contributed by atoms with Crippen molar-refractivity contribution in [1.82, 2.24) is 0 Å². The van der Waals surface area contributed by atoms with E-state index in [2.05, 4.69) is 0 Å². The maximum absolute atomic E-state index is 10.9. The van der Waals surface area contributed by atoms with Gasteiger partial charge in [-0.1, -0.05) is 0 Å². The van der Waals surface area contributed by atoms with Crippen molar-refractivity contribution in [2.45, 2.75) is 31.2 Å². The molecule has 0 aromatic carbocycles. The number of carbonyl (C=O) groups excluding carboxylic acids is 1. The van der Waals surface area contributed by atoms with Gasteiger partial charge in [0.2, 0.25) is 0 Å². The van der Waals surface area contributed by atoms with Gasteiger partial charge in [0.25, 0.3) is 0 Å². The second-order valence-electron chi connectivity index (χ2n) is 2.76. The van der Waals surface area contributed by atoms with Crippen LogP contribution in [-0.2, 0) is 9.53 Å². The molecule has 2 N–H and O–H groups in total. The van der Waals surface area contributed by atoms with Crippen LogP contribution in [0, 0.1) is 0 Å². The summed E-state index contributed by atoms with van der Waals surface area (Å²) in [6.45, 7) is 0. The molecule has 64 valence electrons. The Morgan fingerprint density at radius 3 is 2.73 bits per heavy atom. The second kappa shape index (κ2) is 3.30. The number of hydrogen-bond donors (Lipinski definition) is 2. The lowest BCUT2D eigenvalue weighted by Crippen LogP contribution is -2.43. The van der Waals surface area contributed by atoms with Crippen LogP contribution in [0.4, 0.5) is 0 Å². The van der Waals surface area contributed by atoms with Crippen LogP contribution in [0.15, 0.2) is 0 Å². The third-order valence-electron chi connectivity index (χ3n) is 1.97. The molecule has 0 spiro atoms. The van der Waals surface area contributed by atoms with E-state index in [1.807, 2.05) is 0 Å². The lowest BCUT2D eigenvalue weighted by atomic mass is 9.91. The highest BCUT2D eigenvalue weighted by molar-refractivity contribution is 5.84. The van der Waals surface area contributed by atoms with Crippen molar-refractivity contribution >= 4 is 5.78 Å². The molecule has 0 aliphatic heterocycles. The van der Waals surface area contributed by atoms with E-state index in [9.17, 15) is 9.90 Å². The molecule has 0 aromatic heterocycles. The first-order chi connectivity index (χ1) is 5.15. The van der Waals surface area contributed by atoms with Crippen LogP contribution in [-0.4, -0.2) is 41.4 Å². The Morgan fingerprint density at radius 2 is 2.18 bits per heavy atom. The lowest BCUT2D eigenvalue weighted by molar-refractivity contribution is -0.142. The number of rotatable bonds is 1. The number of aliphatic hydroxyl groups is 2. The Morgan fingerprint density at radius 1 is 1.55 bits per heavy atom. The van der Waals surface area contributed by atoms with Crippen LogP contribution in [0.3, 0.4) is 0 Å². The minimum absolute atomic E-state index is 0.0946. The zero-order valence-electron chi connectivity index (χ0n) is 6.36. The molecule has 1 aliphatic carbocycles. The van der Waals surface area contributed by atoms with Gasteiger partial charge in [0.1, 0.15) is 6.10 Å². The van der Waals surface area contributed by atoms with Crippen LogP contribution in [0.5, 0.6) is 0 Å². The third kappa shape index (κ3) is 1.77. The fourth-order valence-corrected chi connectivity index (χ4v) is 1.22. The van der Waals surface area contributed by atoms with Gasteiger partial charge in [0, 0.05) is 20.0 Å². The number of aliphatic hydroxyl groups excluding tert-OH is 2. The van der Waals surface area contributed by atoms with Crippen molar-refractivity contribution in [3.05, 3.63) is 0 Å². The average Bonchev–Trinajstić information content (AvgIpc) is 1.97. The summed E-state index contributed by atoms with van der Waals surface area (Å²) in [5.74, 6) is -0.248. The summed E-state index contributed by atoms with van der Waals surface area (Å²) < 4.78 is 4.84. The largest absolute Gasteiger partial charge is 0.390 e. The van der Waals surface area contributed by atoms with E-state index in [-0.39, 0.29) is 18.6 Å². The number of Topliss-reactive ketones (excluding diaryl/α,β-unsaturated/α-hetero) is 1. The number of ketones is 1. The van der Waals surface area contributed by atoms with Gasteiger partial charge in [-0.05, 0) is 0 Å². The molecule has 0 saturated heterocycles. The maximum atomic E-state index is 10.9. The van der Waals surface area contributed by atoms with Crippen LogP contribution in [0.2, 0.25) is 0 Å². The normalized spacial score (nSPS) is 39.2. The van der Waals surface area contributed by atoms with E-state index < -0.39 is 18.3 Å².